The summed E-state index contributed by atoms with van der Waals surface area (Å²) in [4.78, 5) is 0. The molecule has 15 heavy (non-hydrogen) atoms. The van der Waals surface area contributed by atoms with Crippen LogP contribution in [0, 0.1) is 12.3 Å². The molecule has 0 saturated heterocycles. The predicted molar refractivity (Wildman–Crippen MR) is 60.0 cm³/mol. The van der Waals surface area contributed by atoms with Gasteiger partial charge >= 0.3 is 0 Å². The van der Waals surface area contributed by atoms with Crippen molar-refractivity contribution in [3.8, 4) is 0 Å². The van der Waals surface area contributed by atoms with Crippen molar-refractivity contribution < 1.29 is 4.52 Å². The van der Waals surface area contributed by atoms with Crippen molar-refractivity contribution in [1.82, 2.24) is 10.5 Å². The van der Waals surface area contributed by atoms with Crippen LogP contribution < -0.4 is 5.32 Å². The highest BCUT2D eigenvalue weighted by Gasteiger charge is 2.35. The molecule has 0 bridgehead atoms. The third-order valence-electron chi connectivity index (χ3n) is 3.28. The fourth-order valence-electron chi connectivity index (χ4n) is 2.77. The van der Waals surface area contributed by atoms with E-state index in [1.807, 2.05) is 14.0 Å². The Hall–Kier alpha value is -0.830. The molecule has 84 valence electrons. The van der Waals surface area contributed by atoms with Crippen molar-refractivity contribution in [3.63, 3.8) is 0 Å². The summed E-state index contributed by atoms with van der Waals surface area (Å²) in [6.07, 6.45) is 2.23. The first kappa shape index (κ1) is 10.7. The van der Waals surface area contributed by atoms with Crippen LogP contribution in [-0.4, -0.2) is 18.7 Å². The van der Waals surface area contributed by atoms with Crippen LogP contribution in [0.1, 0.15) is 43.2 Å². The van der Waals surface area contributed by atoms with Gasteiger partial charge in [-0.15, -0.1) is 0 Å². The average Bonchev–Trinajstić information content (AvgIpc) is 2.46. The summed E-state index contributed by atoms with van der Waals surface area (Å²) in [5.41, 5.74) is 2.75. The van der Waals surface area contributed by atoms with Crippen LogP contribution >= 0.6 is 0 Å². The fraction of sp³-hybridized carbons (Fsp3) is 0.750. The molecule has 0 fully saturated rings. The number of likely N-dealkylation sites (N-methyl/N-ethyl adjacent to an activating group) is 1. The molecule has 1 unspecified atom stereocenters. The van der Waals surface area contributed by atoms with Gasteiger partial charge in [-0.25, -0.2) is 0 Å². The highest BCUT2D eigenvalue weighted by atomic mass is 16.5. The minimum Gasteiger partial charge on any atom is -0.361 e. The monoisotopic (exact) mass is 208 g/mol. The summed E-state index contributed by atoms with van der Waals surface area (Å²) in [5.74, 6) is 1.66. The van der Waals surface area contributed by atoms with Crippen LogP contribution in [0.25, 0.3) is 0 Å². The number of fused-ring (bicyclic) bond motifs is 1. The zero-order chi connectivity index (χ0) is 11.1. The Labute approximate surface area is 91.2 Å². The second-order valence-electron chi connectivity index (χ2n) is 5.40. The Balaban J connectivity index is 2.36. The summed E-state index contributed by atoms with van der Waals surface area (Å²) < 4.78 is 5.42. The highest BCUT2D eigenvalue weighted by Crippen LogP contribution is 2.42. The van der Waals surface area contributed by atoms with Crippen LogP contribution in [0.15, 0.2) is 4.52 Å². The predicted octanol–water partition coefficient (Wildman–Crippen LogP) is 2.26. The molecule has 1 aromatic heterocycles. The third-order valence-corrected chi connectivity index (χ3v) is 3.28. The lowest BCUT2D eigenvalue weighted by atomic mass is 9.71. The van der Waals surface area contributed by atoms with E-state index in [2.05, 4.69) is 24.3 Å². The number of nitrogens with zero attached hydrogens (tertiary/aromatic N) is 1. The molecule has 0 aliphatic heterocycles. The summed E-state index contributed by atoms with van der Waals surface area (Å²) in [6.45, 7) is 7.66. The Morgan fingerprint density at radius 2 is 2.27 bits per heavy atom. The SMILES string of the molecule is CNCC1CC(C)(C)Cc2onc(C)c21. The molecule has 1 atom stereocenters. The van der Waals surface area contributed by atoms with Gasteiger partial charge in [0.05, 0.1) is 5.69 Å². The van der Waals surface area contributed by atoms with E-state index < -0.39 is 0 Å². The molecular formula is C12H20N2O. The van der Waals surface area contributed by atoms with E-state index in [1.165, 1.54) is 12.0 Å². The average molecular weight is 208 g/mol. The summed E-state index contributed by atoms with van der Waals surface area (Å²) in [6, 6.07) is 0. The van der Waals surface area contributed by atoms with Crippen molar-refractivity contribution in [2.45, 2.75) is 39.5 Å². The molecule has 0 amide bonds. The topological polar surface area (TPSA) is 38.1 Å². The molecule has 0 saturated carbocycles. The minimum atomic E-state index is 0.334. The van der Waals surface area contributed by atoms with Gasteiger partial charge in [-0.1, -0.05) is 19.0 Å². The van der Waals surface area contributed by atoms with Gasteiger partial charge < -0.3 is 9.84 Å². The quantitative estimate of drug-likeness (QED) is 0.810. The van der Waals surface area contributed by atoms with Gasteiger partial charge in [-0.05, 0) is 25.8 Å². The Morgan fingerprint density at radius 1 is 1.53 bits per heavy atom. The minimum absolute atomic E-state index is 0.334. The Morgan fingerprint density at radius 3 is 2.93 bits per heavy atom. The maximum Gasteiger partial charge on any atom is 0.141 e. The lowest BCUT2D eigenvalue weighted by Gasteiger charge is -2.34. The van der Waals surface area contributed by atoms with E-state index in [9.17, 15) is 0 Å². The molecule has 1 aliphatic rings. The van der Waals surface area contributed by atoms with E-state index in [-0.39, 0.29) is 0 Å². The maximum absolute atomic E-state index is 5.42. The van der Waals surface area contributed by atoms with E-state index in [0.29, 0.717) is 11.3 Å². The molecule has 3 nitrogen and oxygen atoms in total. The molecule has 3 heteroatoms. The first-order chi connectivity index (χ1) is 7.03. The molecule has 1 N–H and O–H groups in total. The number of aromatic nitrogens is 1. The van der Waals surface area contributed by atoms with Crippen molar-refractivity contribution >= 4 is 0 Å². The highest BCUT2D eigenvalue weighted by molar-refractivity contribution is 5.30. The molecule has 0 aromatic carbocycles. The smallest absolute Gasteiger partial charge is 0.141 e. The number of nitrogens with one attached hydrogen (secondary N) is 1. The molecular weight excluding hydrogens is 188 g/mol. The number of aryl methyl sites for hydroxylation is 1. The van der Waals surface area contributed by atoms with Gasteiger partial charge in [-0.2, -0.15) is 0 Å². The largest absolute Gasteiger partial charge is 0.361 e. The van der Waals surface area contributed by atoms with Crippen molar-refractivity contribution in [2.75, 3.05) is 13.6 Å². The summed E-state index contributed by atoms with van der Waals surface area (Å²) in [5, 5.41) is 7.36. The molecule has 1 heterocycles. The van der Waals surface area contributed by atoms with Gasteiger partial charge in [0.1, 0.15) is 5.76 Å². The van der Waals surface area contributed by atoms with Crippen LogP contribution in [0.2, 0.25) is 0 Å². The number of rotatable bonds is 2. The van der Waals surface area contributed by atoms with Gasteiger partial charge in [-0.3, -0.25) is 0 Å². The lowest BCUT2D eigenvalue weighted by molar-refractivity contribution is 0.239. The zero-order valence-electron chi connectivity index (χ0n) is 10.1. The van der Waals surface area contributed by atoms with Gasteiger partial charge in [0, 0.05) is 24.4 Å². The first-order valence-corrected chi connectivity index (χ1v) is 5.63. The Kier molecular flexibility index (Phi) is 2.59. The van der Waals surface area contributed by atoms with E-state index in [0.717, 1.165) is 24.4 Å². The maximum atomic E-state index is 5.42. The second kappa shape index (κ2) is 3.63. The molecule has 0 spiro atoms. The van der Waals surface area contributed by atoms with E-state index >= 15 is 0 Å². The third kappa shape index (κ3) is 1.93. The van der Waals surface area contributed by atoms with Crippen LogP contribution in [0.3, 0.4) is 0 Å². The normalized spacial score (nSPS) is 23.9. The summed E-state index contributed by atoms with van der Waals surface area (Å²) >= 11 is 0. The van der Waals surface area contributed by atoms with Gasteiger partial charge in [0.15, 0.2) is 0 Å². The second-order valence-corrected chi connectivity index (χ2v) is 5.40. The molecule has 0 radical (unpaired) electrons. The molecule has 2 rings (SSSR count). The van der Waals surface area contributed by atoms with Crippen molar-refractivity contribution in [2.24, 2.45) is 5.41 Å². The van der Waals surface area contributed by atoms with Crippen molar-refractivity contribution in [1.29, 1.82) is 0 Å². The lowest BCUT2D eigenvalue weighted by Crippen LogP contribution is -2.30. The van der Waals surface area contributed by atoms with Crippen LogP contribution in [0.4, 0.5) is 0 Å². The molecule has 1 aliphatic carbocycles. The van der Waals surface area contributed by atoms with Gasteiger partial charge in [0.2, 0.25) is 0 Å². The summed E-state index contributed by atoms with van der Waals surface area (Å²) in [7, 11) is 2.00. The standard InChI is InChI=1S/C12H20N2O/c1-8-11-9(7-13-4)5-12(2,3)6-10(11)15-14-8/h9,13H,5-7H2,1-4H3. The van der Waals surface area contributed by atoms with E-state index in [1.54, 1.807) is 0 Å². The fourth-order valence-corrected chi connectivity index (χ4v) is 2.77. The van der Waals surface area contributed by atoms with Gasteiger partial charge in [0.25, 0.3) is 0 Å². The van der Waals surface area contributed by atoms with Crippen molar-refractivity contribution in [3.05, 3.63) is 17.0 Å². The number of hydrogen-bond donors (Lipinski definition) is 1. The first-order valence-electron chi connectivity index (χ1n) is 5.63. The Bertz CT molecular complexity index is 355. The van der Waals surface area contributed by atoms with Crippen LogP contribution in [0.5, 0.6) is 0 Å². The van der Waals surface area contributed by atoms with Crippen LogP contribution in [-0.2, 0) is 6.42 Å². The molecule has 1 aromatic rings. The zero-order valence-corrected chi connectivity index (χ0v) is 10.1. The number of hydrogen-bond acceptors (Lipinski definition) is 3. The van der Waals surface area contributed by atoms with E-state index in [4.69, 9.17) is 4.52 Å².